The zero-order valence-electron chi connectivity index (χ0n) is 12.5. The molecule has 0 aliphatic heterocycles. The summed E-state index contributed by atoms with van der Waals surface area (Å²) in [4.78, 5) is 11.9. The van der Waals surface area contributed by atoms with Gasteiger partial charge in [-0.05, 0) is 25.0 Å². The summed E-state index contributed by atoms with van der Waals surface area (Å²) in [5, 5.41) is 5.43. The average molecular weight is 306 g/mol. The van der Waals surface area contributed by atoms with Crippen molar-refractivity contribution in [3.8, 4) is 5.75 Å². The zero-order chi connectivity index (χ0) is 15.4. The van der Waals surface area contributed by atoms with Crippen molar-refractivity contribution in [1.29, 1.82) is 0 Å². The highest BCUT2D eigenvalue weighted by Gasteiger charge is 2.12. The largest absolute Gasteiger partial charge is 0.483 e. The molecule has 2 aromatic carbocycles. The number of carbonyl (C=O) groups excluding carboxylic acids is 1. The van der Waals surface area contributed by atoms with E-state index in [1.807, 2.05) is 31.2 Å². The third-order valence-corrected chi connectivity index (χ3v) is 3.91. The monoisotopic (exact) mass is 305 g/mol. The van der Waals surface area contributed by atoms with Gasteiger partial charge < -0.3 is 10.1 Å². The minimum absolute atomic E-state index is 0.00267. The van der Waals surface area contributed by atoms with Crippen LogP contribution in [-0.2, 0) is 4.79 Å². The molecular formula is C17H20ClNO2. The van der Waals surface area contributed by atoms with E-state index in [9.17, 15) is 4.79 Å². The van der Waals surface area contributed by atoms with Gasteiger partial charge in [-0.15, -0.1) is 0 Å². The van der Waals surface area contributed by atoms with Gasteiger partial charge in [-0.3, -0.25) is 4.79 Å². The van der Waals surface area contributed by atoms with Gasteiger partial charge in [0.25, 0.3) is 5.91 Å². The van der Waals surface area contributed by atoms with E-state index in [0.29, 0.717) is 16.7 Å². The predicted molar refractivity (Wildman–Crippen MR) is 86.9 cm³/mol. The summed E-state index contributed by atoms with van der Waals surface area (Å²) in [5.41, 5.74) is 0. The molecule has 1 amide bonds. The molecule has 0 aliphatic rings. The molecule has 0 radical (unpaired) electrons. The Kier molecular flexibility index (Phi) is 5.07. The third-order valence-electron chi connectivity index (χ3n) is 3.58. The molecule has 1 atom stereocenters. The fourth-order valence-corrected chi connectivity index (χ4v) is 2.19. The van der Waals surface area contributed by atoms with Crippen LogP contribution in [0.2, 0.25) is 5.02 Å². The third kappa shape index (κ3) is 3.88. The van der Waals surface area contributed by atoms with Crippen molar-refractivity contribution in [3.63, 3.8) is 0 Å². The zero-order valence-corrected chi connectivity index (χ0v) is 13.3. The van der Waals surface area contributed by atoms with Gasteiger partial charge >= 0.3 is 0 Å². The van der Waals surface area contributed by atoms with Crippen LogP contribution in [0.25, 0.3) is 10.8 Å². The molecule has 4 heteroatoms. The van der Waals surface area contributed by atoms with E-state index in [1.54, 1.807) is 12.1 Å². The molecule has 0 fully saturated rings. The van der Waals surface area contributed by atoms with Crippen molar-refractivity contribution < 1.29 is 9.53 Å². The maximum Gasteiger partial charge on any atom is 0.258 e. The number of hydrogen-bond acceptors (Lipinski definition) is 2. The van der Waals surface area contributed by atoms with Crippen LogP contribution in [-0.4, -0.2) is 18.6 Å². The molecule has 2 aromatic rings. The van der Waals surface area contributed by atoms with Crippen LogP contribution in [0, 0.1) is 5.92 Å². The van der Waals surface area contributed by atoms with E-state index in [2.05, 4.69) is 19.2 Å². The van der Waals surface area contributed by atoms with Gasteiger partial charge in [0, 0.05) is 21.8 Å². The Balaban J connectivity index is 2.07. The second-order valence-electron chi connectivity index (χ2n) is 5.48. The fraction of sp³-hybridized carbons (Fsp3) is 0.353. The highest BCUT2D eigenvalue weighted by atomic mass is 35.5. The van der Waals surface area contributed by atoms with Crippen LogP contribution in [0.15, 0.2) is 36.4 Å². The number of amides is 1. The van der Waals surface area contributed by atoms with E-state index in [4.69, 9.17) is 16.3 Å². The molecule has 1 unspecified atom stereocenters. The first-order chi connectivity index (χ1) is 9.99. The number of rotatable bonds is 5. The SMILES string of the molecule is CC(C)C(C)NC(=O)COc1ccc(Cl)c2ccccc12. The van der Waals surface area contributed by atoms with Crippen molar-refractivity contribution in [1.82, 2.24) is 5.32 Å². The quantitative estimate of drug-likeness (QED) is 0.905. The number of nitrogens with one attached hydrogen (secondary N) is 1. The highest BCUT2D eigenvalue weighted by Crippen LogP contribution is 2.31. The fourth-order valence-electron chi connectivity index (χ4n) is 1.97. The molecule has 0 saturated carbocycles. The summed E-state index contributed by atoms with van der Waals surface area (Å²) >= 11 is 6.16. The van der Waals surface area contributed by atoms with E-state index in [0.717, 1.165) is 10.8 Å². The summed E-state index contributed by atoms with van der Waals surface area (Å²) in [7, 11) is 0. The molecule has 0 aliphatic carbocycles. The van der Waals surface area contributed by atoms with E-state index in [1.165, 1.54) is 0 Å². The summed E-state index contributed by atoms with van der Waals surface area (Å²) in [5.74, 6) is 0.947. The van der Waals surface area contributed by atoms with Crippen molar-refractivity contribution >= 4 is 28.3 Å². The van der Waals surface area contributed by atoms with Crippen molar-refractivity contribution in [2.45, 2.75) is 26.8 Å². The lowest BCUT2D eigenvalue weighted by molar-refractivity contribution is -0.123. The maximum atomic E-state index is 11.9. The minimum Gasteiger partial charge on any atom is -0.483 e. The Morgan fingerprint density at radius 3 is 2.48 bits per heavy atom. The summed E-state index contributed by atoms with van der Waals surface area (Å²) in [6, 6.07) is 11.4. The second kappa shape index (κ2) is 6.81. The number of halogens is 1. The first-order valence-electron chi connectivity index (χ1n) is 7.08. The molecule has 112 valence electrons. The summed E-state index contributed by atoms with van der Waals surface area (Å²) in [6.07, 6.45) is 0. The first kappa shape index (κ1) is 15.6. The van der Waals surface area contributed by atoms with Crippen molar-refractivity contribution in [2.24, 2.45) is 5.92 Å². The summed E-state index contributed by atoms with van der Waals surface area (Å²) in [6.45, 7) is 6.12. The number of ether oxygens (including phenoxy) is 1. The lowest BCUT2D eigenvalue weighted by atomic mass is 10.1. The Bertz CT molecular complexity index is 640. The molecule has 0 spiro atoms. The highest BCUT2D eigenvalue weighted by molar-refractivity contribution is 6.35. The molecular weight excluding hydrogens is 286 g/mol. The maximum absolute atomic E-state index is 11.9. The van der Waals surface area contributed by atoms with E-state index in [-0.39, 0.29) is 18.6 Å². The van der Waals surface area contributed by atoms with Crippen molar-refractivity contribution in [3.05, 3.63) is 41.4 Å². The van der Waals surface area contributed by atoms with Gasteiger partial charge in [-0.2, -0.15) is 0 Å². The minimum atomic E-state index is -0.116. The molecule has 0 heterocycles. The van der Waals surface area contributed by atoms with Gasteiger partial charge in [-0.25, -0.2) is 0 Å². The van der Waals surface area contributed by atoms with Crippen LogP contribution < -0.4 is 10.1 Å². The van der Waals surface area contributed by atoms with E-state index < -0.39 is 0 Å². The van der Waals surface area contributed by atoms with E-state index >= 15 is 0 Å². The molecule has 2 rings (SSSR count). The molecule has 0 bridgehead atoms. The van der Waals surface area contributed by atoms with Gasteiger partial charge in [0.1, 0.15) is 5.75 Å². The Hall–Kier alpha value is -1.74. The molecule has 0 saturated heterocycles. The summed E-state index contributed by atoms with van der Waals surface area (Å²) < 4.78 is 5.65. The first-order valence-corrected chi connectivity index (χ1v) is 7.46. The average Bonchev–Trinajstić information content (AvgIpc) is 2.46. The Morgan fingerprint density at radius 1 is 1.14 bits per heavy atom. The molecule has 0 aromatic heterocycles. The van der Waals surface area contributed by atoms with Gasteiger partial charge in [0.2, 0.25) is 0 Å². The number of benzene rings is 2. The van der Waals surface area contributed by atoms with Crippen LogP contribution >= 0.6 is 11.6 Å². The molecule has 21 heavy (non-hydrogen) atoms. The van der Waals surface area contributed by atoms with Gasteiger partial charge in [-0.1, -0.05) is 49.7 Å². The topological polar surface area (TPSA) is 38.3 Å². The lowest BCUT2D eigenvalue weighted by Gasteiger charge is -2.17. The van der Waals surface area contributed by atoms with Crippen LogP contribution in [0.4, 0.5) is 0 Å². The lowest BCUT2D eigenvalue weighted by Crippen LogP contribution is -2.38. The Labute approximate surface area is 130 Å². The van der Waals surface area contributed by atoms with Crippen LogP contribution in [0.5, 0.6) is 5.75 Å². The number of fused-ring (bicyclic) bond motifs is 1. The van der Waals surface area contributed by atoms with Gasteiger partial charge in [0.15, 0.2) is 6.61 Å². The standard InChI is InChI=1S/C17H20ClNO2/c1-11(2)12(3)19-17(20)10-21-16-9-8-15(18)13-6-4-5-7-14(13)16/h4-9,11-12H,10H2,1-3H3,(H,19,20). The second-order valence-corrected chi connectivity index (χ2v) is 5.89. The predicted octanol–water partition coefficient (Wildman–Crippen LogP) is 4.03. The number of carbonyl (C=O) groups is 1. The molecule has 3 nitrogen and oxygen atoms in total. The van der Waals surface area contributed by atoms with Crippen LogP contribution in [0.3, 0.4) is 0 Å². The normalized spacial score (nSPS) is 12.4. The smallest absolute Gasteiger partial charge is 0.258 e. The van der Waals surface area contributed by atoms with Gasteiger partial charge in [0.05, 0.1) is 0 Å². The molecule has 1 N–H and O–H groups in total. The van der Waals surface area contributed by atoms with Crippen molar-refractivity contribution in [2.75, 3.05) is 6.61 Å². The van der Waals surface area contributed by atoms with Crippen LogP contribution in [0.1, 0.15) is 20.8 Å². The Morgan fingerprint density at radius 2 is 1.81 bits per heavy atom. The number of hydrogen-bond donors (Lipinski definition) is 1.